The Morgan fingerprint density at radius 2 is 2.33 bits per heavy atom. The number of aromatic carboxylic acids is 1. The Morgan fingerprint density at radius 3 is 3.10 bits per heavy atom. The Hall–Kier alpha value is -1.92. The van der Waals surface area contributed by atoms with Crippen LogP contribution in [0.3, 0.4) is 0 Å². The summed E-state index contributed by atoms with van der Waals surface area (Å²) in [5.41, 5.74) is 7.82. The molecule has 0 aliphatic carbocycles. The van der Waals surface area contributed by atoms with Crippen LogP contribution in [0.1, 0.15) is 29.0 Å². The molecule has 21 heavy (non-hydrogen) atoms. The van der Waals surface area contributed by atoms with E-state index in [1.807, 2.05) is 12.3 Å². The Balaban J connectivity index is 1.73. The van der Waals surface area contributed by atoms with Gasteiger partial charge in [-0.05, 0) is 31.5 Å². The molecule has 6 heteroatoms. The van der Waals surface area contributed by atoms with E-state index in [1.54, 1.807) is 16.5 Å². The average molecular weight is 288 g/mol. The van der Waals surface area contributed by atoms with Gasteiger partial charge in [-0.3, -0.25) is 4.40 Å². The number of carboxylic acids is 1. The van der Waals surface area contributed by atoms with Gasteiger partial charge in [-0.25, -0.2) is 9.78 Å². The van der Waals surface area contributed by atoms with Crippen LogP contribution in [0.25, 0.3) is 5.65 Å². The third-order valence-electron chi connectivity index (χ3n) is 3.99. The van der Waals surface area contributed by atoms with E-state index >= 15 is 0 Å². The van der Waals surface area contributed by atoms with Crippen LogP contribution in [-0.2, 0) is 6.42 Å². The molecule has 3 rings (SSSR count). The molecular formula is C15H20N4O2. The lowest BCUT2D eigenvalue weighted by Crippen LogP contribution is -2.43. The van der Waals surface area contributed by atoms with Gasteiger partial charge in [0.05, 0.1) is 5.69 Å². The SMILES string of the molecule is NC1CCCN(CCc2cn3c(C(=O)O)cccc3n2)C1. The van der Waals surface area contributed by atoms with Crippen molar-refractivity contribution < 1.29 is 9.90 Å². The molecule has 0 saturated carbocycles. The number of aromatic nitrogens is 2. The van der Waals surface area contributed by atoms with E-state index in [-0.39, 0.29) is 11.7 Å². The van der Waals surface area contributed by atoms with Crippen LogP contribution in [0.2, 0.25) is 0 Å². The molecule has 1 aliphatic heterocycles. The standard InChI is InChI=1S/C15H20N4O2/c16-11-3-2-7-18(9-11)8-6-12-10-19-13(15(20)21)4-1-5-14(19)17-12/h1,4-5,10-11H,2-3,6-9,16H2,(H,20,21). The van der Waals surface area contributed by atoms with Crippen molar-refractivity contribution in [1.29, 1.82) is 0 Å². The number of nitrogens with two attached hydrogens (primary N) is 1. The second-order valence-corrected chi connectivity index (χ2v) is 5.63. The van der Waals surface area contributed by atoms with Crippen molar-refractivity contribution in [2.24, 2.45) is 5.73 Å². The highest BCUT2D eigenvalue weighted by Gasteiger charge is 2.17. The Morgan fingerprint density at radius 1 is 1.48 bits per heavy atom. The van der Waals surface area contributed by atoms with Gasteiger partial charge in [0.25, 0.3) is 0 Å². The fourth-order valence-corrected chi connectivity index (χ4v) is 2.92. The van der Waals surface area contributed by atoms with Crippen molar-refractivity contribution in [2.75, 3.05) is 19.6 Å². The Labute approximate surface area is 123 Å². The molecule has 1 unspecified atom stereocenters. The zero-order chi connectivity index (χ0) is 14.8. The summed E-state index contributed by atoms with van der Waals surface area (Å²) in [6, 6.07) is 5.41. The lowest BCUT2D eigenvalue weighted by atomic mass is 10.1. The molecule has 1 fully saturated rings. The number of carboxylic acid groups (broad SMARTS) is 1. The zero-order valence-corrected chi connectivity index (χ0v) is 11.9. The van der Waals surface area contributed by atoms with Crippen LogP contribution in [0.4, 0.5) is 0 Å². The van der Waals surface area contributed by atoms with Crippen LogP contribution in [-0.4, -0.2) is 51.0 Å². The topological polar surface area (TPSA) is 83.9 Å². The molecule has 3 heterocycles. The molecule has 0 radical (unpaired) electrons. The number of nitrogens with zero attached hydrogens (tertiary/aromatic N) is 3. The summed E-state index contributed by atoms with van der Waals surface area (Å²) in [7, 11) is 0. The minimum Gasteiger partial charge on any atom is -0.477 e. The molecule has 0 aromatic carbocycles. The molecule has 0 amide bonds. The predicted molar refractivity (Wildman–Crippen MR) is 79.5 cm³/mol. The molecular weight excluding hydrogens is 268 g/mol. The monoisotopic (exact) mass is 288 g/mol. The number of likely N-dealkylation sites (tertiary alicyclic amines) is 1. The molecule has 2 aromatic heterocycles. The van der Waals surface area contributed by atoms with Gasteiger partial charge in [-0.1, -0.05) is 6.07 Å². The number of fused-ring (bicyclic) bond motifs is 1. The van der Waals surface area contributed by atoms with Gasteiger partial charge in [0.1, 0.15) is 11.3 Å². The van der Waals surface area contributed by atoms with E-state index in [1.165, 1.54) is 0 Å². The van der Waals surface area contributed by atoms with Crippen molar-refractivity contribution in [3.8, 4) is 0 Å². The second kappa shape index (κ2) is 5.83. The van der Waals surface area contributed by atoms with Gasteiger partial charge in [0, 0.05) is 31.7 Å². The fourth-order valence-electron chi connectivity index (χ4n) is 2.92. The van der Waals surface area contributed by atoms with Crippen molar-refractivity contribution >= 4 is 11.6 Å². The summed E-state index contributed by atoms with van der Waals surface area (Å²) in [5.74, 6) is -0.938. The van der Waals surface area contributed by atoms with Crippen LogP contribution in [0, 0.1) is 0 Å². The third-order valence-corrected chi connectivity index (χ3v) is 3.99. The van der Waals surface area contributed by atoms with Gasteiger partial charge >= 0.3 is 5.97 Å². The zero-order valence-electron chi connectivity index (χ0n) is 11.9. The summed E-state index contributed by atoms with van der Waals surface area (Å²) in [6.07, 6.45) is 4.89. The first kappa shape index (κ1) is 14.0. The van der Waals surface area contributed by atoms with Crippen molar-refractivity contribution in [1.82, 2.24) is 14.3 Å². The van der Waals surface area contributed by atoms with Gasteiger partial charge in [0.15, 0.2) is 0 Å². The summed E-state index contributed by atoms with van der Waals surface area (Å²) in [4.78, 5) is 18.1. The molecule has 3 N–H and O–H groups in total. The second-order valence-electron chi connectivity index (χ2n) is 5.63. The van der Waals surface area contributed by atoms with Crippen molar-refractivity contribution in [2.45, 2.75) is 25.3 Å². The largest absolute Gasteiger partial charge is 0.477 e. The minimum absolute atomic E-state index is 0.242. The average Bonchev–Trinajstić information content (AvgIpc) is 2.87. The summed E-state index contributed by atoms with van der Waals surface area (Å²) in [6.45, 7) is 2.94. The minimum atomic E-state index is -0.938. The van der Waals surface area contributed by atoms with E-state index in [9.17, 15) is 9.90 Å². The maximum Gasteiger partial charge on any atom is 0.352 e. The van der Waals surface area contributed by atoms with E-state index in [0.29, 0.717) is 5.65 Å². The number of hydrogen-bond acceptors (Lipinski definition) is 4. The Kier molecular flexibility index (Phi) is 3.90. The van der Waals surface area contributed by atoms with Crippen molar-refractivity contribution in [3.63, 3.8) is 0 Å². The third kappa shape index (κ3) is 3.06. The van der Waals surface area contributed by atoms with Crippen LogP contribution < -0.4 is 5.73 Å². The van der Waals surface area contributed by atoms with E-state index in [2.05, 4.69) is 9.88 Å². The molecule has 6 nitrogen and oxygen atoms in total. The van der Waals surface area contributed by atoms with Gasteiger partial charge in [-0.2, -0.15) is 0 Å². The smallest absolute Gasteiger partial charge is 0.352 e. The first-order valence-electron chi connectivity index (χ1n) is 7.32. The van der Waals surface area contributed by atoms with Gasteiger partial charge in [0.2, 0.25) is 0 Å². The van der Waals surface area contributed by atoms with Crippen LogP contribution in [0.15, 0.2) is 24.4 Å². The normalized spacial score (nSPS) is 20.0. The number of imidazole rings is 1. The molecule has 1 atom stereocenters. The summed E-state index contributed by atoms with van der Waals surface area (Å²) in [5, 5.41) is 9.18. The molecule has 0 spiro atoms. The van der Waals surface area contributed by atoms with Gasteiger partial charge < -0.3 is 15.7 Å². The van der Waals surface area contributed by atoms with E-state index in [4.69, 9.17) is 5.73 Å². The highest BCUT2D eigenvalue weighted by molar-refractivity contribution is 5.86. The highest BCUT2D eigenvalue weighted by Crippen LogP contribution is 2.12. The maximum atomic E-state index is 11.2. The predicted octanol–water partition coefficient (Wildman–Crippen LogP) is 0.998. The van der Waals surface area contributed by atoms with Gasteiger partial charge in [-0.15, -0.1) is 0 Å². The van der Waals surface area contributed by atoms with Crippen LogP contribution >= 0.6 is 0 Å². The molecule has 1 aliphatic rings. The number of hydrogen-bond donors (Lipinski definition) is 2. The molecule has 2 aromatic rings. The number of piperidine rings is 1. The molecule has 0 bridgehead atoms. The first-order valence-corrected chi connectivity index (χ1v) is 7.32. The maximum absolute atomic E-state index is 11.2. The van der Waals surface area contributed by atoms with Crippen molar-refractivity contribution in [3.05, 3.63) is 35.8 Å². The highest BCUT2D eigenvalue weighted by atomic mass is 16.4. The quantitative estimate of drug-likeness (QED) is 0.877. The number of rotatable bonds is 4. The number of carbonyl (C=O) groups is 1. The Bertz CT molecular complexity index is 652. The molecule has 1 saturated heterocycles. The fraction of sp³-hybridized carbons (Fsp3) is 0.467. The van der Waals surface area contributed by atoms with Crippen LogP contribution in [0.5, 0.6) is 0 Å². The van der Waals surface area contributed by atoms with E-state index in [0.717, 1.165) is 44.6 Å². The van der Waals surface area contributed by atoms with E-state index < -0.39 is 5.97 Å². The summed E-state index contributed by atoms with van der Waals surface area (Å²) >= 11 is 0. The first-order chi connectivity index (χ1) is 10.1. The lowest BCUT2D eigenvalue weighted by molar-refractivity contribution is 0.0689. The lowest BCUT2D eigenvalue weighted by Gasteiger charge is -2.30. The number of pyridine rings is 1. The molecule has 112 valence electrons. The summed E-state index contributed by atoms with van der Waals surface area (Å²) < 4.78 is 1.64.